The molecule has 0 aliphatic carbocycles. The smallest absolute Gasteiger partial charge is 0.354 e. The number of halogens is 1. The number of hydrogen-bond donors (Lipinski definition) is 1. The molecule has 0 radical (unpaired) electrons. The minimum atomic E-state index is -0.412. The molecule has 0 saturated heterocycles. The van der Waals surface area contributed by atoms with Crippen LogP contribution in [0.1, 0.15) is 5.56 Å². The Hall–Kier alpha value is -1.81. The minimum Gasteiger partial charge on any atom is -0.383 e. The van der Waals surface area contributed by atoms with Gasteiger partial charge in [-0.2, -0.15) is 4.98 Å². The van der Waals surface area contributed by atoms with Crippen molar-refractivity contribution in [2.75, 3.05) is 5.73 Å². The summed E-state index contributed by atoms with van der Waals surface area (Å²) in [5.41, 5.74) is 6.56. The molecule has 0 spiro atoms. The fourth-order valence-electron chi connectivity index (χ4n) is 1.37. The lowest BCUT2D eigenvalue weighted by atomic mass is 10.3. The van der Waals surface area contributed by atoms with Crippen LogP contribution in [0.3, 0.4) is 0 Å². The van der Waals surface area contributed by atoms with Crippen LogP contribution in [-0.2, 0) is 0 Å². The average molecular weight is 236 g/mol. The second kappa shape index (κ2) is 3.98. The molecule has 0 aliphatic heterocycles. The number of aromatic nitrogens is 2. The standard InChI is InChI=1S/C11H10ClN3O/c1-7-6-15(11(16)14-10(7)13)9-4-2-3-8(12)5-9/h2-6H,1H3,(H2,13,14,16). The van der Waals surface area contributed by atoms with Gasteiger partial charge in [-0.1, -0.05) is 17.7 Å². The van der Waals surface area contributed by atoms with Crippen LogP contribution in [0.4, 0.5) is 5.82 Å². The van der Waals surface area contributed by atoms with Gasteiger partial charge in [0.05, 0.1) is 5.69 Å². The van der Waals surface area contributed by atoms with Crippen molar-refractivity contribution in [1.82, 2.24) is 9.55 Å². The van der Waals surface area contributed by atoms with Crippen LogP contribution >= 0.6 is 11.6 Å². The molecule has 0 fully saturated rings. The molecule has 0 atom stereocenters. The lowest BCUT2D eigenvalue weighted by molar-refractivity contribution is 0.906. The molecule has 1 aromatic carbocycles. The predicted molar refractivity (Wildman–Crippen MR) is 64.0 cm³/mol. The van der Waals surface area contributed by atoms with Crippen LogP contribution in [-0.4, -0.2) is 9.55 Å². The molecule has 2 rings (SSSR count). The number of anilines is 1. The third-order valence-electron chi connectivity index (χ3n) is 2.24. The second-order valence-electron chi connectivity index (χ2n) is 3.44. The molecule has 5 heteroatoms. The minimum absolute atomic E-state index is 0.253. The van der Waals surface area contributed by atoms with E-state index in [0.717, 1.165) is 5.56 Å². The summed E-state index contributed by atoms with van der Waals surface area (Å²) in [6.07, 6.45) is 1.65. The summed E-state index contributed by atoms with van der Waals surface area (Å²) in [6, 6.07) is 6.99. The van der Waals surface area contributed by atoms with E-state index >= 15 is 0 Å². The van der Waals surface area contributed by atoms with Crippen LogP contribution in [0.15, 0.2) is 35.3 Å². The fraction of sp³-hybridized carbons (Fsp3) is 0.0909. The van der Waals surface area contributed by atoms with Gasteiger partial charge in [-0.05, 0) is 25.1 Å². The molecule has 0 amide bonds. The SMILES string of the molecule is Cc1cn(-c2cccc(Cl)c2)c(=O)nc1N. The topological polar surface area (TPSA) is 60.9 Å². The van der Waals surface area contributed by atoms with E-state index in [1.807, 2.05) is 0 Å². The van der Waals surface area contributed by atoms with E-state index in [2.05, 4.69) is 4.98 Å². The highest BCUT2D eigenvalue weighted by Gasteiger charge is 2.04. The summed E-state index contributed by atoms with van der Waals surface area (Å²) in [6.45, 7) is 1.79. The number of nitrogens with two attached hydrogens (primary N) is 1. The van der Waals surface area contributed by atoms with Crippen molar-refractivity contribution in [2.45, 2.75) is 6.92 Å². The zero-order valence-corrected chi connectivity index (χ0v) is 9.40. The van der Waals surface area contributed by atoms with Crippen LogP contribution < -0.4 is 11.4 Å². The second-order valence-corrected chi connectivity index (χ2v) is 3.88. The van der Waals surface area contributed by atoms with Gasteiger partial charge in [0, 0.05) is 16.8 Å². The lowest BCUT2D eigenvalue weighted by Crippen LogP contribution is -2.22. The molecule has 0 aliphatic rings. The Balaban J connectivity index is 2.65. The fourth-order valence-corrected chi connectivity index (χ4v) is 1.56. The van der Waals surface area contributed by atoms with Gasteiger partial charge in [-0.3, -0.25) is 4.57 Å². The van der Waals surface area contributed by atoms with E-state index in [1.165, 1.54) is 4.57 Å². The molecule has 82 valence electrons. The first-order chi connectivity index (χ1) is 7.58. The average Bonchev–Trinajstić information content (AvgIpc) is 2.23. The highest BCUT2D eigenvalue weighted by molar-refractivity contribution is 6.30. The van der Waals surface area contributed by atoms with Gasteiger partial charge in [0.15, 0.2) is 0 Å². The van der Waals surface area contributed by atoms with Crippen molar-refractivity contribution in [3.8, 4) is 5.69 Å². The quantitative estimate of drug-likeness (QED) is 0.820. The number of rotatable bonds is 1. The Morgan fingerprint density at radius 2 is 2.19 bits per heavy atom. The highest BCUT2D eigenvalue weighted by Crippen LogP contribution is 2.14. The molecule has 2 aromatic rings. The van der Waals surface area contributed by atoms with Crippen molar-refractivity contribution in [1.29, 1.82) is 0 Å². The van der Waals surface area contributed by atoms with E-state index in [4.69, 9.17) is 17.3 Å². The zero-order valence-electron chi connectivity index (χ0n) is 8.64. The predicted octanol–water partition coefficient (Wildman–Crippen LogP) is 1.78. The molecule has 0 unspecified atom stereocenters. The molecule has 1 heterocycles. The van der Waals surface area contributed by atoms with Gasteiger partial charge in [-0.25, -0.2) is 4.79 Å². The van der Waals surface area contributed by atoms with E-state index in [0.29, 0.717) is 10.7 Å². The molecule has 2 N–H and O–H groups in total. The van der Waals surface area contributed by atoms with Crippen molar-refractivity contribution in [3.63, 3.8) is 0 Å². The molecule has 0 bridgehead atoms. The Labute approximate surface area is 97.3 Å². The van der Waals surface area contributed by atoms with Gasteiger partial charge in [-0.15, -0.1) is 0 Å². The van der Waals surface area contributed by atoms with Crippen molar-refractivity contribution in [2.24, 2.45) is 0 Å². The van der Waals surface area contributed by atoms with E-state index in [-0.39, 0.29) is 5.82 Å². The number of nitrogens with zero attached hydrogens (tertiary/aromatic N) is 2. The molecule has 16 heavy (non-hydrogen) atoms. The highest BCUT2D eigenvalue weighted by atomic mass is 35.5. The molecule has 1 aromatic heterocycles. The first-order valence-electron chi connectivity index (χ1n) is 4.69. The zero-order chi connectivity index (χ0) is 11.7. The number of nitrogen functional groups attached to an aromatic ring is 1. The molecular weight excluding hydrogens is 226 g/mol. The summed E-state index contributed by atoms with van der Waals surface area (Å²) >= 11 is 5.86. The van der Waals surface area contributed by atoms with Crippen molar-refractivity contribution >= 4 is 17.4 Å². The summed E-state index contributed by atoms with van der Waals surface area (Å²) in [5.74, 6) is 0.253. The van der Waals surface area contributed by atoms with Gasteiger partial charge < -0.3 is 5.73 Å². The van der Waals surface area contributed by atoms with Crippen LogP contribution in [0.25, 0.3) is 5.69 Å². The van der Waals surface area contributed by atoms with E-state index < -0.39 is 5.69 Å². The summed E-state index contributed by atoms with van der Waals surface area (Å²) in [4.78, 5) is 15.4. The van der Waals surface area contributed by atoms with Crippen molar-refractivity contribution in [3.05, 3.63) is 51.5 Å². The van der Waals surface area contributed by atoms with Crippen LogP contribution in [0.2, 0.25) is 5.02 Å². The van der Waals surface area contributed by atoms with Crippen molar-refractivity contribution < 1.29 is 0 Å². The molecule has 4 nitrogen and oxygen atoms in total. The summed E-state index contributed by atoms with van der Waals surface area (Å²) in [5, 5.41) is 0.568. The van der Waals surface area contributed by atoms with Gasteiger partial charge in [0.25, 0.3) is 0 Å². The first-order valence-corrected chi connectivity index (χ1v) is 5.07. The number of aryl methyl sites for hydroxylation is 1. The normalized spacial score (nSPS) is 10.4. The molecule has 0 saturated carbocycles. The third kappa shape index (κ3) is 1.92. The Morgan fingerprint density at radius 3 is 2.88 bits per heavy atom. The monoisotopic (exact) mass is 235 g/mol. The lowest BCUT2D eigenvalue weighted by Gasteiger charge is -2.07. The van der Waals surface area contributed by atoms with Crippen LogP contribution in [0, 0.1) is 6.92 Å². The Bertz CT molecular complexity index is 592. The largest absolute Gasteiger partial charge is 0.383 e. The van der Waals surface area contributed by atoms with Gasteiger partial charge in [0.1, 0.15) is 5.82 Å². The summed E-state index contributed by atoms with van der Waals surface area (Å²) in [7, 11) is 0. The third-order valence-corrected chi connectivity index (χ3v) is 2.47. The summed E-state index contributed by atoms with van der Waals surface area (Å²) < 4.78 is 1.41. The Kier molecular flexibility index (Phi) is 2.66. The molecular formula is C11H10ClN3O. The first kappa shape index (κ1) is 10.7. The Morgan fingerprint density at radius 1 is 1.44 bits per heavy atom. The van der Waals surface area contributed by atoms with Crippen LogP contribution in [0.5, 0.6) is 0 Å². The van der Waals surface area contributed by atoms with E-state index in [9.17, 15) is 4.79 Å². The van der Waals surface area contributed by atoms with Gasteiger partial charge in [0.2, 0.25) is 0 Å². The van der Waals surface area contributed by atoms with E-state index in [1.54, 1.807) is 37.4 Å². The number of hydrogen-bond acceptors (Lipinski definition) is 3. The maximum atomic E-state index is 11.6. The maximum Gasteiger partial charge on any atom is 0.354 e. The van der Waals surface area contributed by atoms with Gasteiger partial charge >= 0.3 is 5.69 Å². The maximum absolute atomic E-state index is 11.6. The number of benzene rings is 1.